The number of carbonyl (C=O) groups is 1. The highest BCUT2D eigenvalue weighted by Gasteiger charge is 2.30. The van der Waals surface area contributed by atoms with Crippen LogP contribution in [0.3, 0.4) is 0 Å². The van der Waals surface area contributed by atoms with Gasteiger partial charge in [-0.15, -0.1) is 0 Å². The van der Waals surface area contributed by atoms with Crippen molar-refractivity contribution in [2.75, 3.05) is 13.1 Å². The molecule has 0 unspecified atom stereocenters. The molecule has 35 heavy (non-hydrogen) atoms. The van der Waals surface area contributed by atoms with Crippen LogP contribution in [0.1, 0.15) is 67.2 Å². The Kier molecular flexibility index (Phi) is 6.51. The van der Waals surface area contributed by atoms with E-state index in [0.29, 0.717) is 17.8 Å². The van der Waals surface area contributed by atoms with Gasteiger partial charge in [-0.1, -0.05) is 19.9 Å². The summed E-state index contributed by atoms with van der Waals surface area (Å²) in [5.74, 6) is 0.187. The molecular weight excluding hydrogens is 444 g/mol. The van der Waals surface area contributed by atoms with Crippen LogP contribution in [-0.2, 0) is 13.1 Å². The maximum Gasteiger partial charge on any atom is 0.330 e. The number of hydrogen-bond donors (Lipinski definition) is 2. The fourth-order valence-electron chi connectivity index (χ4n) is 4.81. The number of rotatable bonds is 7. The van der Waals surface area contributed by atoms with Crippen LogP contribution < -0.4 is 16.6 Å². The van der Waals surface area contributed by atoms with E-state index in [1.807, 2.05) is 32.0 Å². The van der Waals surface area contributed by atoms with Crippen LogP contribution in [0.15, 0.2) is 40.1 Å². The van der Waals surface area contributed by atoms with Gasteiger partial charge >= 0.3 is 5.69 Å². The van der Waals surface area contributed by atoms with E-state index in [4.69, 9.17) is 4.98 Å². The summed E-state index contributed by atoms with van der Waals surface area (Å²) in [4.78, 5) is 52.8. The van der Waals surface area contributed by atoms with Gasteiger partial charge in [-0.2, -0.15) is 0 Å². The van der Waals surface area contributed by atoms with Crippen LogP contribution in [0.2, 0.25) is 0 Å². The zero-order valence-electron chi connectivity index (χ0n) is 20.3. The Morgan fingerprint density at radius 3 is 2.60 bits per heavy atom. The predicted octanol–water partition coefficient (Wildman–Crippen LogP) is 2.41. The third-order valence-electron chi connectivity index (χ3n) is 6.79. The first-order chi connectivity index (χ1) is 16.9. The molecule has 1 aliphatic heterocycles. The Hall–Kier alpha value is -3.33. The van der Waals surface area contributed by atoms with Gasteiger partial charge in [0.15, 0.2) is 5.65 Å². The van der Waals surface area contributed by atoms with Crippen molar-refractivity contribution in [2.45, 2.75) is 64.6 Å². The van der Waals surface area contributed by atoms with E-state index in [-0.39, 0.29) is 29.2 Å². The van der Waals surface area contributed by atoms with Gasteiger partial charge in [0.25, 0.3) is 11.5 Å². The summed E-state index contributed by atoms with van der Waals surface area (Å²) in [6.45, 7) is 6.94. The number of nitrogens with one attached hydrogen (secondary N) is 2. The summed E-state index contributed by atoms with van der Waals surface area (Å²) >= 11 is 0. The molecular formula is C26H32N6O3. The number of aromatic nitrogens is 4. The van der Waals surface area contributed by atoms with Crippen molar-refractivity contribution in [3.63, 3.8) is 0 Å². The minimum atomic E-state index is -0.560. The molecule has 3 aromatic heterocycles. The van der Waals surface area contributed by atoms with Gasteiger partial charge in [0, 0.05) is 50.0 Å². The molecule has 2 aliphatic rings. The van der Waals surface area contributed by atoms with E-state index in [1.54, 1.807) is 12.3 Å². The smallest absolute Gasteiger partial charge is 0.330 e. The predicted molar refractivity (Wildman–Crippen MR) is 133 cm³/mol. The van der Waals surface area contributed by atoms with E-state index < -0.39 is 11.2 Å². The SMILES string of the molecule is CC(C)Cn1c(=O)[nH]c(=O)c2c(C(=O)NC3CCN(Cc4ccccn4)CC3)cc(C3CC3)nc21. The molecule has 1 saturated carbocycles. The van der Waals surface area contributed by atoms with Gasteiger partial charge < -0.3 is 5.32 Å². The molecule has 9 nitrogen and oxygen atoms in total. The summed E-state index contributed by atoms with van der Waals surface area (Å²) < 4.78 is 1.50. The van der Waals surface area contributed by atoms with Gasteiger partial charge in [0.2, 0.25) is 0 Å². The lowest BCUT2D eigenvalue weighted by Gasteiger charge is -2.32. The van der Waals surface area contributed by atoms with Crippen molar-refractivity contribution in [1.82, 2.24) is 29.7 Å². The van der Waals surface area contributed by atoms with E-state index in [2.05, 4.69) is 20.2 Å². The number of piperidine rings is 1. The van der Waals surface area contributed by atoms with Crippen LogP contribution in [0.4, 0.5) is 0 Å². The van der Waals surface area contributed by atoms with E-state index in [1.165, 1.54) is 4.57 Å². The highest BCUT2D eigenvalue weighted by molar-refractivity contribution is 6.05. The van der Waals surface area contributed by atoms with Crippen molar-refractivity contribution < 1.29 is 4.79 Å². The Morgan fingerprint density at radius 2 is 1.94 bits per heavy atom. The quantitative estimate of drug-likeness (QED) is 0.542. The molecule has 2 N–H and O–H groups in total. The highest BCUT2D eigenvalue weighted by atomic mass is 16.2. The average molecular weight is 477 g/mol. The summed E-state index contributed by atoms with van der Waals surface area (Å²) in [5.41, 5.74) is 1.41. The lowest BCUT2D eigenvalue weighted by Crippen LogP contribution is -2.44. The lowest BCUT2D eigenvalue weighted by atomic mass is 10.0. The van der Waals surface area contributed by atoms with Gasteiger partial charge in [0.1, 0.15) is 0 Å². The fraction of sp³-hybridized carbons (Fsp3) is 0.500. The minimum absolute atomic E-state index is 0.0238. The second-order valence-corrected chi connectivity index (χ2v) is 10.2. The van der Waals surface area contributed by atoms with Gasteiger partial charge in [-0.05, 0) is 49.8 Å². The van der Waals surface area contributed by atoms with E-state index in [9.17, 15) is 14.4 Å². The number of nitrogens with zero attached hydrogens (tertiary/aromatic N) is 4. The number of aromatic amines is 1. The molecule has 3 aromatic rings. The summed E-state index contributed by atoms with van der Waals surface area (Å²) in [7, 11) is 0. The number of likely N-dealkylation sites (tertiary alicyclic amines) is 1. The molecule has 1 aliphatic carbocycles. The zero-order valence-corrected chi connectivity index (χ0v) is 20.3. The van der Waals surface area contributed by atoms with Crippen molar-refractivity contribution >= 4 is 16.9 Å². The highest BCUT2D eigenvalue weighted by Crippen LogP contribution is 2.40. The fourth-order valence-corrected chi connectivity index (χ4v) is 4.81. The first-order valence-corrected chi connectivity index (χ1v) is 12.5. The Balaban J connectivity index is 1.39. The van der Waals surface area contributed by atoms with Crippen LogP contribution >= 0.6 is 0 Å². The van der Waals surface area contributed by atoms with Crippen molar-refractivity contribution in [3.8, 4) is 0 Å². The largest absolute Gasteiger partial charge is 0.349 e. The molecule has 0 bridgehead atoms. The maximum atomic E-state index is 13.5. The van der Waals surface area contributed by atoms with E-state index in [0.717, 1.165) is 56.7 Å². The van der Waals surface area contributed by atoms with Crippen molar-refractivity contribution in [1.29, 1.82) is 0 Å². The van der Waals surface area contributed by atoms with Crippen LogP contribution in [-0.4, -0.2) is 49.5 Å². The van der Waals surface area contributed by atoms with Crippen molar-refractivity contribution in [3.05, 3.63) is 68.3 Å². The zero-order chi connectivity index (χ0) is 24.5. The van der Waals surface area contributed by atoms with Crippen LogP contribution in [0.25, 0.3) is 11.0 Å². The molecule has 184 valence electrons. The molecule has 0 aromatic carbocycles. The number of pyridine rings is 2. The number of fused-ring (bicyclic) bond motifs is 1. The Labute approximate surface area is 203 Å². The molecule has 0 spiro atoms. The molecule has 0 radical (unpaired) electrons. The molecule has 9 heteroatoms. The van der Waals surface area contributed by atoms with E-state index >= 15 is 0 Å². The summed E-state index contributed by atoms with van der Waals surface area (Å²) in [6, 6.07) is 7.71. The lowest BCUT2D eigenvalue weighted by molar-refractivity contribution is 0.0910. The summed E-state index contributed by atoms with van der Waals surface area (Å²) in [6.07, 6.45) is 5.47. The molecule has 0 atom stereocenters. The molecule has 1 amide bonds. The second-order valence-electron chi connectivity index (χ2n) is 10.2. The van der Waals surface area contributed by atoms with Crippen LogP contribution in [0, 0.1) is 5.92 Å². The van der Waals surface area contributed by atoms with Gasteiger partial charge in [-0.25, -0.2) is 9.78 Å². The molecule has 5 rings (SSSR count). The van der Waals surface area contributed by atoms with Crippen molar-refractivity contribution in [2.24, 2.45) is 5.92 Å². The van der Waals surface area contributed by atoms with Crippen LogP contribution in [0.5, 0.6) is 0 Å². The topological polar surface area (TPSA) is 113 Å². The van der Waals surface area contributed by atoms with Gasteiger partial charge in [-0.3, -0.25) is 29.0 Å². The number of amides is 1. The third-order valence-corrected chi connectivity index (χ3v) is 6.79. The molecule has 4 heterocycles. The first kappa shape index (κ1) is 23.4. The minimum Gasteiger partial charge on any atom is -0.349 e. The monoisotopic (exact) mass is 476 g/mol. The number of H-pyrrole nitrogens is 1. The van der Waals surface area contributed by atoms with Gasteiger partial charge in [0.05, 0.1) is 16.6 Å². The number of carbonyl (C=O) groups excluding carboxylic acids is 1. The molecule has 1 saturated heterocycles. The third kappa shape index (κ3) is 5.19. The Morgan fingerprint density at radius 1 is 1.17 bits per heavy atom. The standard InChI is InChI=1S/C26H32N6O3/c1-16(2)14-32-23-22(25(34)30-26(32)35)20(13-21(29-23)17-6-7-17)24(33)28-18-8-11-31(12-9-18)15-19-5-3-4-10-27-19/h3-5,10,13,16-18H,6-9,11-12,14-15H2,1-2H3,(H,28,33)(H,30,34,35). The molecule has 2 fully saturated rings. The number of hydrogen-bond acceptors (Lipinski definition) is 6. The normalized spacial score (nSPS) is 17.2. The summed E-state index contributed by atoms with van der Waals surface area (Å²) in [5, 5.41) is 3.35. The maximum absolute atomic E-state index is 13.5. The second kappa shape index (κ2) is 9.73. The Bertz CT molecular complexity index is 1330. The first-order valence-electron chi connectivity index (χ1n) is 12.5. The average Bonchev–Trinajstić information content (AvgIpc) is 3.68.